The summed E-state index contributed by atoms with van der Waals surface area (Å²) in [6.45, 7) is 13.4. The summed E-state index contributed by atoms with van der Waals surface area (Å²) in [6, 6.07) is 5.25. The maximum absolute atomic E-state index is 11.5. The van der Waals surface area contributed by atoms with E-state index in [1.165, 1.54) is 6.92 Å². The summed E-state index contributed by atoms with van der Waals surface area (Å²) in [7, 11) is 1.97. The summed E-state index contributed by atoms with van der Waals surface area (Å²) in [5.74, 6) is 0.692. The highest BCUT2D eigenvalue weighted by atomic mass is 16.1. The van der Waals surface area contributed by atoms with Gasteiger partial charge in [0.15, 0.2) is 0 Å². The van der Waals surface area contributed by atoms with Gasteiger partial charge in [-0.15, -0.1) is 0 Å². The molecule has 0 aliphatic rings. The quantitative estimate of drug-likeness (QED) is 0.485. The molecule has 1 heterocycles. The molecule has 32 heavy (non-hydrogen) atoms. The molecule has 0 atom stereocenters. The SMILES string of the molecule is CC(N)=O.CCCNc1nc(Nc2cc(C(N)=O)ccc2C)nc(N(C)CC(C)(C)C)n1. The number of aromatic nitrogens is 3. The third-order valence-electron chi connectivity index (χ3n) is 3.98. The van der Waals surface area contributed by atoms with Crippen LogP contribution in [0, 0.1) is 12.3 Å². The van der Waals surface area contributed by atoms with E-state index in [2.05, 4.69) is 59.0 Å². The molecule has 0 aliphatic heterocycles. The summed E-state index contributed by atoms with van der Waals surface area (Å²) in [6.07, 6.45) is 0.960. The number of carbonyl (C=O) groups excluding carboxylic acids is 2. The number of aryl methyl sites for hydroxylation is 1. The average molecular weight is 445 g/mol. The number of rotatable bonds is 8. The first kappa shape index (κ1) is 26.6. The molecule has 176 valence electrons. The fourth-order valence-corrected chi connectivity index (χ4v) is 2.72. The van der Waals surface area contributed by atoms with Crippen LogP contribution in [0.4, 0.5) is 23.5 Å². The number of carbonyl (C=O) groups is 2. The van der Waals surface area contributed by atoms with Crippen LogP contribution in [0.1, 0.15) is 57.0 Å². The normalized spacial score (nSPS) is 10.6. The van der Waals surface area contributed by atoms with Gasteiger partial charge in [-0.05, 0) is 36.5 Å². The van der Waals surface area contributed by atoms with Crippen LogP contribution >= 0.6 is 0 Å². The molecule has 0 saturated carbocycles. The second kappa shape index (κ2) is 11.8. The number of primary amides is 2. The fraction of sp³-hybridized carbons (Fsp3) is 0.500. The first-order valence-electron chi connectivity index (χ1n) is 10.5. The van der Waals surface area contributed by atoms with Gasteiger partial charge in [-0.2, -0.15) is 15.0 Å². The van der Waals surface area contributed by atoms with Crippen molar-refractivity contribution in [2.75, 3.05) is 35.7 Å². The van der Waals surface area contributed by atoms with Crippen LogP contribution in [0.2, 0.25) is 0 Å². The molecule has 0 aliphatic carbocycles. The Morgan fingerprint density at radius 1 is 1.09 bits per heavy atom. The number of anilines is 4. The maximum Gasteiger partial charge on any atom is 0.248 e. The molecule has 0 saturated heterocycles. The van der Waals surface area contributed by atoms with Crippen LogP contribution in [0.5, 0.6) is 0 Å². The zero-order chi connectivity index (χ0) is 24.5. The second-order valence-corrected chi connectivity index (χ2v) is 8.76. The van der Waals surface area contributed by atoms with Crippen molar-refractivity contribution >= 4 is 35.3 Å². The van der Waals surface area contributed by atoms with Crippen LogP contribution in [0.3, 0.4) is 0 Å². The topological polar surface area (TPSA) is 152 Å². The van der Waals surface area contributed by atoms with Gasteiger partial charge >= 0.3 is 0 Å². The van der Waals surface area contributed by atoms with E-state index in [0.717, 1.165) is 30.8 Å². The predicted molar refractivity (Wildman–Crippen MR) is 129 cm³/mol. The van der Waals surface area contributed by atoms with E-state index in [-0.39, 0.29) is 11.3 Å². The highest BCUT2D eigenvalue weighted by molar-refractivity contribution is 5.94. The van der Waals surface area contributed by atoms with Crippen LogP contribution in [0.25, 0.3) is 0 Å². The molecule has 1 aromatic heterocycles. The monoisotopic (exact) mass is 444 g/mol. The van der Waals surface area contributed by atoms with E-state index < -0.39 is 5.91 Å². The predicted octanol–water partition coefficient (Wildman–Crippen LogP) is 2.82. The Hall–Kier alpha value is -3.43. The molecule has 10 heteroatoms. The molecule has 1 aromatic carbocycles. The van der Waals surface area contributed by atoms with Gasteiger partial charge in [-0.1, -0.05) is 33.8 Å². The molecule has 0 bridgehead atoms. The molecule has 0 fully saturated rings. The lowest BCUT2D eigenvalue weighted by molar-refractivity contribution is -0.115. The lowest BCUT2D eigenvalue weighted by Crippen LogP contribution is -2.31. The Morgan fingerprint density at radius 2 is 1.69 bits per heavy atom. The highest BCUT2D eigenvalue weighted by Crippen LogP contribution is 2.23. The van der Waals surface area contributed by atoms with E-state index in [1.54, 1.807) is 12.1 Å². The van der Waals surface area contributed by atoms with Gasteiger partial charge in [0, 0.05) is 38.3 Å². The van der Waals surface area contributed by atoms with E-state index in [4.69, 9.17) is 5.73 Å². The largest absolute Gasteiger partial charge is 0.370 e. The molecule has 10 nitrogen and oxygen atoms in total. The first-order valence-corrected chi connectivity index (χ1v) is 10.5. The lowest BCUT2D eigenvalue weighted by atomic mass is 9.96. The zero-order valence-corrected chi connectivity index (χ0v) is 20.1. The standard InChI is InChI=1S/C20H31N7O.C2H5NO/c1-7-10-22-17-24-18(26-19(25-17)27(6)12-20(3,4)5)23-15-11-14(16(21)28)9-8-13(15)2;1-2(3)4/h8-9,11H,7,10,12H2,1-6H3,(H2,21,28)(H2,22,23,24,25,26);1H3,(H2,3,4). The minimum atomic E-state index is -0.477. The van der Waals surface area contributed by atoms with E-state index in [1.807, 2.05) is 24.9 Å². The molecule has 0 unspecified atom stereocenters. The number of nitrogens with zero attached hydrogens (tertiary/aromatic N) is 4. The second-order valence-electron chi connectivity index (χ2n) is 8.76. The van der Waals surface area contributed by atoms with Crippen molar-refractivity contribution in [3.05, 3.63) is 29.3 Å². The number of hydrogen-bond acceptors (Lipinski definition) is 8. The molecule has 0 spiro atoms. The first-order chi connectivity index (χ1) is 14.8. The molecule has 2 rings (SSSR count). The minimum Gasteiger partial charge on any atom is -0.370 e. The third kappa shape index (κ3) is 9.59. The van der Waals surface area contributed by atoms with Gasteiger partial charge in [0.2, 0.25) is 29.7 Å². The van der Waals surface area contributed by atoms with E-state index in [0.29, 0.717) is 23.4 Å². The van der Waals surface area contributed by atoms with Crippen molar-refractivity contribution in [3.8, 4) is 0 Å². The summed E-state index contributed by atoms with van der Waals surface area (Å²) in [5, 5.41) is 6.43. The maximum atomic E-state index is 11.5. The molecule has 0 radical (unpaired) electrons. The molecular formula is C22H36N8O2. The Morgan fingerprint density at radius 3 is 2.22 bits per heavy atom. The average Bonchev–Trinajstić information content (AvgIpc) is 2.66. The van der Waals surface area contributed by atoms with Gasteiger partial charge < -0.3 is 27.0 Å². The van der Waals surface area contributed by atoms with Gasteiger partial charge in [0.1, 0.15) is 0 Å². The number of hydrogen-bond donors (Lipinski definition) is 4. The molecule has 6 N–H and O–H groups in total. The van der Waals surface area contributed by atoms with Crippen LogP contribution in [-0.4, -0.2) is 46.9 Å². The number of benzene rings is 1. The molecular weight excluding hydrogens is 408 g/mol. The van der Waals surface area contributed by atoms with Crippen molar-refractivity contribution in [1.82, 2.24) is 15.0 Å². The Balaban J connectivity index is 0.00000118. The van der Waals surface area contributed by atoms with Gasteiger partial charge in [0.05, 0.1) is 0 Å². The smallest absolute Gasteiger partial charge is 0.248 e. The third-order valence-corrected chi connectivity index (χ3v) is 3.98. The van der Waals surface area contributed by atoms with Crippen molar-refractivity contribution in [1.29, 1.82) is 0 Å². The number of nitrogens with two attached hydrogens (primary N) is 2. The van der Waals surface area contributed by atoms with Crippen molar-refractivity contribution in [2.24, 2.45) is 16.9 Å². The number of amides is 2. The van der Waals surface area contributed by atoms with E-state index in [9.17, 15) is 9.59 Å². The minimum absolute atomic E-state index is 0.0956. The van der Waals surface area contributed by atoms with E-state index >= 15 is 0 Å². The van der Waals surface area contributed by atoms with Crippen LogP contribution < -0.4 is 27.0 Å². The number of nitrogens with one attached hydrogen (secondary N) is 2. The van der Waals surface area contributed by atoms with Crippen LogP contribution in [0.15, 0.2) is 18.2 Å². The van der Waals surface area contributed by atoms with Crippen molar-refractivity contribution in [2.45, 2.75) is 48.0 Å². The van der Waals surface area contributed by atoms with Gasteiger partial charge in [-0.3, -0.25) is 9.59 Å². The molecule has 2 amide bonds. The van der Waals surface area contributed by atoms with Gasteiger partial charge in [0.25, 0.3) is 0 Å². The van der Waals surface area contributed by atoms with Crippen molar-refractivity contribution in [3.63, 3.8) is 0 Å². The summed E-state index contributed by atoms with van der Waals surface area (Å²) in [5.41, 5.74) is 12.1. The Labute approximate surface area is 190 Å². The summed E-state index contributed by atoms with van der Waals surface area (Å²) < 4.78 is 0. The molecule has 2 aromatic rings. The summed E-state index contributed by atoms with van der Waals surface area (Å²) >= 11 is 0. The Kier molecular flexibility index (Phi) is 9.83. The van der Waals surface area contributed by atoms with Gasteiger partial charge in [-0.25, -0.2) is 0 Å². The fourth-order valence-electron chi connectivity index (χ4n) is 2.72. The van der Waals surface area contributed by atoms with Crippen molar-refractivity contribution < 1.29 is 9.59 Å². The highest BCUT2D eigenvalue weighted by Gasteiger charge is 2.18. The zero-order valence-electron chi connectivity index (χ0n) is 20.1. The Bertz CT molecular complexity index is 921. The lowest BCUT2D eigenvalue weighted by Gasteiger charge is -2.27. The van der Waals surface area contributed by atoms with Crippen LogP contribution in [-0.2, 0) is 4.79 Å². The summed E-state index contributed by atoms with van der Waals surface area (Å²) in [4.78, 5) is 36.3.